The molecule has 0 radical (unpaired) electrons. The molecule has 3 heterocycles. The highest BCUT2D eigenvalue weighted by Crippen LogP contribution is 2.32. The number of hydrazone groups is 1. The number of nitrogens with zero attached hydrogens (tertiary/aromatic N) is 4. The topological polar surface area (TPSA) is 94.2 Å². The number of aromatic nitrogens is 1. The van der Waals surface area contributed by atoms with Gasteiger partial charge in [0, 0.05) is 25.1 Å². The van der Waals surface area contributed by atoms with E-state index in [0.717, 1.165) is 25.1 Å². The minimum absolute atomic E-state index is 0.0469. The van der Waals surface area contributed by atoms with Gasteiger partial charge in [-0.15, -0.1) is 0 Å². The van der Waals surface area contributed by atoms with E-state index in [1.165, 1.54) is 0 Å². The first-order chi connectivity index (χ1) is 13.2. The van der Waals surface area contributed by atoms with Crippen LogP contribution >= 0.6 is 0 Å². The average molecular weight is 387 g/mol. The van der Waals surface area contributed by atoms with E-state index in [0.29, 0.717) is 18.7 Å². The van der Waals surface area contributed by atoms with Gasteiger partial charge < -0.3 is 19.8 Å². The summed E-state index contributed by atoms with van der Waals surface area (Å²) in [6, 6.07) is 1.60. The molecule has 10 heteroatoms. The summed E-state index contributed by atoms with van der Waals surface area (Å²) in [7, 11) is 2.77. The molecule has 2 aliphatic heterocycles. The number of aliphatic hydroxyl groups excluding tert-OH is 1. The number of β-amino-alcohol motifs (C(OH)–C–C–N with tert-alkyl or cyclic N) is 1. The van der Waals surface area contributed by atoms with Gasteiger partial charge in [0.2, 0.25) is 5.91 Å². The van der Waals surface area contributed by atoms with Crippen LogP contribution in [0.15, 0.2) is 15.7 Å². The Morgan fingerprint density at radius 1 is 1.54 bits per heavy atom. The molecular formula is C18H31B2N5O3. The third-order valence-corrected chi connectivity index (χ3v) is 5.66. The van der Waals surface area contributed by atoms with Crippen LogP contribution in [0.4, 0.5) is 0 Å². The van der Waals surface area contributed by atoms with E-state index in [9.17, 15) is 9.90 Å². The number of hydrogen-bond donors (Lipinski definition) is 2. The number of amides is 1. The second kappa shape index (κ2) is 7.81. The molecule has 28 heavy (non-hydrogen) atoms. The maximum atomic E-state index is 13.5. The molecule has 8 nitrogen and oxygen atoms in total. The Balaban J connectivity index is 1.88. The Labute approximate surface area is 168 Å². The third-order valence-electron chi connectivity index (χ3n) is 5.66. The average Bonchev–Trinajstić information content (AvgIpc) is 3.31. The lowest BCUT2D eigenvalue weighted by molar-refractivity contribution is -0.134. The number of carbonyl (C=O) groups excluding carboxylic acids is 1. The molecule has 1 aromatic heterocycles. The molecule has 0 aromatic carbocycles. The zero-order valence-electron chi connectivity index (χ0n) is 17.8. The van der Waals surface area contributed by atoms with Crippen molar-refractivity contribution in [2.45, 2.75) is 64.8 Å². The number of nitrogens with one attached hydrogen (secondary N) is 1. The molecule has 3 rings (SSSR count). The highest BCUT2D eigenvalue weighted by molar-refractivity contribution is 6.97. The van der Waals surface area contributed by atoms with Gasteiger partial charge in [0.1, 0.15) is 30.3 Å². The molecule has 1 amide bonds. The van der Waals surface area contributed by atoms with Crippen molar-refractivity contribution in [2.75, 3.05) is 13.1 Å². The van der Waals surface area contributed by atoms with Crippen molar-refractivity contribution in [1.29, 1.82) is 0 Å². The Kier molecular flexibility index (Phi) is 5.79. The summed E-state index contributed by atoms with van der Waals surface area (Å²) < 4.78 is 5.50. The Hall–Kier alpha value is -1.96. The molecule has 3 unspecified atom stereocenters. The molecule has 1 saturated heterocycles. The van der Waals surface area contributed by atoms with Crippen molar-refractivity contribution in [3.05, 3.63) is 11.8 Å². The van der Waals surface area contributed by atoms with Gasteiger partial charge in [-0.1, -0.05) is 19.0 Å². The van der Waals surface area contributed by atoms with Gasteiger partial charge in [0.05, 0.1) is 19.9 Å². The molecule has 0 spiro atoms. The fourth-order valence-corrected chi connectivity index (χ4v) is 4.15. The number of hydrogen-bond acceptors (Lipinski definition) is 7. The maximum absolute atomic E-state index is 13.5. The van der Waals surface area contributed by atoms with Crippen LogP contribution in [-0.2, 0) is 4.79 Å². The zero-order valence-corrected chi connectivity index (χ0v) is 17.8. The van der Waals surface area contributed by atoms with Crippen molar-refractivity contribution >= 4 is 32.2 Å². The highest BCUT2D eigenvalue weighted by atomic mass is 16.5. The Morgan fingerprint density at radius 3 is 2.79 bits per heavy atom. The summed E-state index contributed by atoms with van der Waals surface area (Å²) >= 11 is 0. The SMILES string of the molecule is BBc1cc(C(C(=O)N2CC(O)CC2C2=NN(CC)C(C)(C)N2)C(C)C)on1. The summed E-state index contributed by atoms with van der Waals surface area (Å²) in [6.07, 6.45) is -0.0851. The molecule has 2 N–H and O–H groups in total. The van der Waals surface area contributed by atoms with Crippen LogP contribution in [0.3, 0.4) is 0 Å². The second-order valence-corrected chi connectivity index (χ2v) is 8.58. The highest BCUT2D eigenvalue weighted by Gasteiger charge is 2.45. The van der Waals surface area contributed by atoms with Crippen LogP contribution in [0, 0.1) is 5.92 Å². The maximum Gasteiger partial charge on any atom is 0.234 e. The number of aliphatic hydroxyl groups is 1. The van der Waals surface area contributed by atoms with Crippen molar-refractivity contribution in [3.8, 4) is 0 Å². The molecule has 0 aliphatic carbocycles. The summed E-state index contributed by atoms with van der Waals surface area (Å²) in [5.41, 5.74) is 0.527. The lowest BCUT2D eigenvalue weighted by atomic mass is 9.53. The van der Waals surface area contributed by atoms with Crippen LogP contribution in [0.25, 0.3) is 0 Å². The van der Waals surface area contributed by atoms with Crippen LogP contribution in [0.1, 0.15) is 52.7 Å². The van der Waals surface area contributed by atoms with E-state index in [-0.39, 0.29) is 23.5 Å². The fraction of sp³-hybridized carbons (Fsp3) is 0.722. The van der Waals surface area contributed by atoms with E-state index >= 15 is 0 Å². The first-order valence-electron chi connectivity index (χ1n) is 10.3. The Bertz CT molecular complexity index is 751. The van der Waals surface area contributed by atoms with Gasteiger partial charge in [-0.25, -0.2) is 0 Å². The van der Waals surface area contributed by atoms with Gasteiger partial charge in [-0.05, 0) is 32.8 Å². The van der Waals surface area contributed by atoms with Gasteiger partial charge in [0.15, 0.2) is 0 Å². The van der Waals surface area contributed by atoms with Gasteiger partial charge >= 0.3 is 0 Å². The monoisotopic (exact) mass is 387 g/mol. The summed E-state index contributed by atoms with van der Waals surface area (Å²) in [5.74, 6) is 0.899. The van der Waals surface area contributed by atoms with Crippen LogP contribution in [-0.4, -0.2) is 77.7 Å². The first-order valence-corrected chi connectivity index (χ1v) is 10.3. The van der Waals surface area contributed by atoms with E-state index in [1.54, 1.807) is 4.90 Å². The van der Waals surface area contributed by atoms with Crippen molar-refractivity contribution in [3.63, 3.8) is 0 Å². The summed E-state index contributed by atoms with van der Waals surface area (Å²) in [5, 5.41) is 24.5. The Morgan fingerprint density at radius 2 is 2.25 bits per heavy atom. The van der Waals surface area contributed by atoms with Gasteiger partial charge in [0.25, 0.3) is 0 Å². The number of carbonyl (C=O) groups is 1. The molecule has 0 bridgehead atoms. The molecular weight excluding hydrogens is 356 g/mol. The predicted molar refractivity (Wildman–Crippen MR) is 113 cm³/mol. The molecule has 2 aliphatic rings. The zero-order chi connectivity index (χ0) is 20.6. The van der Waals surface area contributed by atoms with Crippen molar-refractivity contribution < 1.29 is 14.4 Å². The normalized spacial score (nSPS) is 25.0. The second-order valence-electron chi connectivity index (χ2n) is 8.58. The predicted octanol–water partition coefficient (Wildman–Crippen LogP) is -1.04. The van der Waals surface area contributed by atoms with Gasteiger partial charge in [-0.2, -0.15) is 5.10 Å². The number of likely N-dealkylation sites (tertiary alicyclic amines) is 1. The standard InChI is InChI=1S/C18H31B2N5O3/c1-6-25-18(4,5)21-16(22-25)12-7-11(26)9-24(12)17(27)15(10(2)3)13-8-14(20-19)23-28-13/h8,10-12,15,20,26H,6-7,9,19H2,1-5H3,(H,21,22). The van der Waals surface area contributed by atoms with Gasteiger partial charge in [-0.3, -0.25) is 9.80 Å². The van der Waals surface area contributed by atoms with E-state index in [4.69, 9.17) is 9.62 Å². The number of amidine groups is 1. The molecule has 0 saturated carbocycles. The largest absolute Gasteiger partial charge is 0.391 e. The summed E-state index contributed by atoms with van der Waals surface area (Å²) in [4.78, 5) is 15.3. The number of rotatable bonds is 6. The van der Waals surface area contributed by atoms with Crippen LogP contribution < -0.4 is 10.9 Å². The summed E-state index contributed by atoms with van der Waals surface area (Å²) in [6.45, 7) is 11.2. The van der Waals surface area contributed by atoms with Crippen LogP contribution in [0.5, 0.6) is 0 Å². The minimum Gasteiger partial charge on any atom is -0.391 e. The van der Waals surface area contributed by atoms with E-state index in [2.05, 4.69) is 24.3 Å². The van der Waals surface area contributed by atoms with Crippen LogP contribution in [0.2, 0.25) is 0 Å². The lowest BCUT2D eigenvalue weighted by Gasteiger charge is -2.31. The third kappa shape index (κ3) is 3.79. The quantitative estimate of drug-likeness (QED) is 0.606. The smallest absolute Gasteiger partial charge is 0.234 e. The van der Waals surface area contributed by atoms with Crippen molar-refractivity contribution in [1.82, 2.24) is 20.4 Å². The van der Waals surface area contributed by atoms with E-state index in [1.807, 2.05) is 39.6 Å². The van der Waals surface area contributed by atoms with Crippen molar-refractivity contribution in [2.24, 2.45) is 11.0 Å². The molecule has 1 fully saturated rings. The minimum atomic E-state index is -0.564. The molecule has 1 aromatic rings. The first kappa shape index (κ1) is 20.8. The molecule has 3 atom stereocenters. The fourth-order valence-electron chi connectivity index (χ4n) is 4.15. The molecule has 152 valence electrons. The lowest BCUT2D eigenvalue weighted by Crippen LogP contribution is -2.52. The van der Waals surface area contributed by atoms with E-state index < -0.39 is 12.0 Å².